The van der Waals surface area contributed by atoms with Gasteiger partial charge in [-0.3, -0.25) is 9.59 Å². The smallest absolute Gasteiger partial charge is 0.310 e. The minimum absolute atomic E-state index is 0.0267. The summed E-state index contributed by atoms with van der Waals surface area (Å²) < 4.78 is 37.9. The third kappa shape index (κ3) is 3.61. The molecule has 0 bridgehead atoms. The summed E-state index contributed by atoms with van der Waals surface area (Å²) in [4.78, 5) is 26.9. The second-order valence-corrected chi connectivity index (χ2v) is 5.62. The number of alkyl halides is 3. The highest BCUT2D eigenvalue weighted by Gasteiger charge is 2.31. The number of hydrogen-bond donors (Lipinski definition) is 1. The molecule has 0 radical (unpaired) electrons. The number of carbonyl (C=O) groups excluding carboxylic acids is 2. The van der Waals surface area contributed by atoms with Crippen LogP contribution in [0.5, 0.6) is 0 Å². The van der Waals surface area contributed by atoms with Gasteiger partial charge in [0.25, 0.3) is 0 Å². The minimum Gasteiger partial charge on any atom is -0.310 e. The van der Waals surface area contributed by atoms with Gasteiger partial charge in [0.2, 0.25) is 5.91 Å². The summed E-state index contributed by atoms with van der Waals surface area (Å²) in [7, 11) is 0. The summed E-state index contributed by atoms with van der Waals surface area (Å²) in [5, 5.41) is 2.64. The maximum absolute atomic E-state index is 12.6. The molecule has 0 aliphatic heterocycles. The van der Waals surface area contributed by atoms with Crippen molar-refractivity contribution >= 4 is 18.0 Å². The monoisotopic (exact) mass is 334 g/mol. The molecule has 0 spiro atoms. The van der Waals surface area contributed by atoms with Gasteiger partial charge in [-0.05, 0) is 48.2 Å². The van der Waals surface area contributed by atoms with Gasteiger partial charge in [0.05, 0.1) is 5.56 Å². The van der Waals surface area contributed by atoms with Crippen LogP contribution in [-0.4, -0.2) is 17.2 Å². The molecule has 1 aliphatic carbocycles. The van der Waals surface area contributed by atoms with Gasteiger partial charge in [0.15, 0.2) is 6.29 Å². The van der Waals surface area contributed by atoms with E-state index >= 15 is 0 Å². The first-order valence-electron chi connectivity index (χ1n) is 7.32. The molecule has 0 saturated heterocycles. The van der Waals surface area contributed by atoms with Crippen LogP contribution in [0.25, 0.3) is 11.1 Å². The van der Waals surface area contributed by atoms with Crippen molar-refractivity contribution in [2.45, 2.75) is 19.0 Å². The van der Waals surface area contributed by atoms with E-state index in [1.54, 1.807) is 0 Å². The van der Waals surface area contributed by atoms with Gasteiger partial charge in [0.1, 0.15) is 11.5 Å². The molecule has 0 atom stereocenters. The van der Waals surface area contributed by atoms with Crippen LogP contribution in [-0.2, 0) is 11.0 Å². The minimum atomic E-state index is -4.41. The lowest BCUT2D eigenvalue weighted by molar-refractivity contribution is -0.137. The lowest BCUT2D eigenvalue weighted by atomic mass is 10.0. The molecule has 1 aromatic heterocycles. The zero-order chi connectivity index (χ0) is 17.3. The SMILES string of the molecule is O=Cc1cc(-c2ccc(C(F)(F)F)cc2)cc(NC(=O)C2CC2)n1. The number of aromatic nitrogens is 1. The average Bonchev–Trinajstić information content (AvgIpc) is 3.39. The molecule has 24 heavy (non-hydrogen) atoms. The Morgan fingerprint density at radius 3 is 2.33 bits per heavy atom. The Labute approximate surface area is 135 Å². The van der Waals surface area contributed by atoms with E-state index in [-0.39, 0.29) is 23.3 Å². The molecule has 3 rings (SSSR count). The van der Waals surface area contributed by atoms with Gasteiger partial charge in [-0.2, -0.15) is 13.2 Å². The van der Waals surface area contributed by atoms with Crippen molar-refractivity contribution in [1.82, 2.24) is 4.98 Å². The summed E-state index contributed by atoms with van der Waals surface area (Å²) in [6.45, 7) is 0. The van der Waals surface area contributed by atoms with Crippen LogP contribution < -0.4 is 5.32 Å². The normalized spacial score (nSPS) is 14.3. The summed E-state index contributed by atoms with van der Waals surface area (Å²) in [5.74, 6) is 0.0246. The molecule has 4 nitrogen and oxygen atoms in total. The number of anilines is 1. The fourth-order valence-corrected chi connectivity index (χ4v) is 2.27. The summed E-state index contributed by atoms with van der Waals surface area (Å²) in [5.41, 5.74) is 0.346. The molecule has 7 heteroatoms. The topological polar surface area (TPSA) is 59.1 Å². The Hall–Kier alpha value is -2.70. The van der Waals surface area contributed by atoms with Crippen LogP contribution >= 0.6 is 0 Å². The summed E-state index contributed by atoms with van der Waals surface area (Å²) in [6.07, 6.45) is -2.23. The van der Waals surface area contributed by atoms with Gasteiger partial charge < -0.3 is 5.32 Å². The number of nitrogens with one attached hydrogen (secondary N) is 1. The van der Waals surface area contributed by atoms with Crippen LogP contribution in [0.4, 0.5) is 19.0 Å². The van der Waals surface area contributed by atoms with Crippen molar-refractivity contribution in [3.8, 4) is 11.1 Å². The van der Waals surface area contributed by atoms with Gasteiger partial charge in [-0.25, -0.2) is 4.98 Å². The lowest BCUT2D eigenvalue weighted by Gasteiger charge is -2.10. The molecular formula is C17H13F3N2O2. The van der Waals surface area contributed by atoms with E-state index in [1.165, 1.54) is 24.3 Å². The van der Waals surface area contributed by atoms with Crippen molar-refractivity contribution in [3.63, 3.8) is 0 Å². The maximum Gasteiger partial charge on any atom is 0.416 e. The van der Waals surface area contributed by atoms with Gasteiger partial charge in [-0.15, -0.1) is 0 Å². The Bertz CT molecular complexity index is 781. The molecule has 1 amide bonds. The average molecular weight is 334 g/mol. The highest BCUT2D eigenvalue weighted by atomic mass is 19.4. The Morgan fingerprint density at radius 2 is 1.79 bits per heavy atom. The molecule has 1 aliphatic rings. The molecule has 1 saturated carbocycles. The van der Waals surface area contributed by atoms with Gasteiger partial charge >= 0.3 is 6.18 Å². The molecule has 1 heterocycles. The molecular weight excluding hydrogens is 321 g/mol. The standard InChI is InChI=1S/C17H13F3N2O2/c18-17(19,20)13-5-3-10(4-6-13)12-7-14(9-23)21-15(8-12)22-16(24)11-1-2-11/h3-9,11H,1-2H2,(H,21,22,24). The Kier molecular flexibility index (Phi) is 4.09. The highest BCUT2D eigenvalue weighted by Crippen LogP contribution is 2.32. The zero-order valence-corrected chi connectivity index (χ0v) is 12.4. The third-order valence-electron chi connectivity index (χ3n) is 3.71. The first-order chi connectivity index (χ1) is 11.4. The molecule has 1 N–H and O–H groups in total. The summed E-state index contributed by atoms with van der Waals surface area (Å²) >= 11 is 0. The number of benzene rings is 1. The number of hydrogen-bond acceptors (Lipinski definition) is 3. The Morgan fingerprint density at radius 1 is 1.12 bits per heavy atom. The number of carbonyl (C=O) groups is 2. The third-order valence-corrected chi connectivity index (χ3v) is 3.71. The predicted molar refractivity (Wildman–Crippen MR) is 81.4 cm³/mol. The van der Waals surface area contributed by atoms with Crippen molar-refractivity contribution in [1.29, 1.82) is 0 Å². The van der Waals surface area contributed by atoms with Crippen LogP contribution in [0, 0.1) is 5.92 Å². The zero-order valence-electron chi connectivity index (χ0n) is 12.4. The second kappa shape index (κ2) is 6.07. The second-order valence-electron chi connectivity index (χ2n) is 5.62. The first kappa shape index (κ1) is 16.2. The van der Waals surface area contributed by atoms with Crippen LogP contribution in [0.3, 0.4) is 0 Å². The summed E-state index contributed by atoms with van der Waals surface area (Å²) in [6, 6.07) is 7.58. The molecule has 0 unspecified atom stereocenters. The van der Waals surface area contributed by atoms with Crippen LogP contribution in [0.1, 0.15) is 28.9 Å². The van der Waals surface area contributed by atoms with E-state index in [2.05, 4.69) is 10.3 Å². The van der Waals surface area contributed by atoms with Gasteiger partial charge in [-0.1, -0.05) is 12.1 Å². The Balaban J connectivity index is 1.91. The van der Waals surface area contributed by atoms with Gasteiger partial charge in [0, 0.05) is 5.92 Å². The van der Waals surface area contributed by atoms with Crippen LogP contribution in [0.15, 0.2) is 36.4 Å². The largest absolute Gasteiger partial charge is 0.416 e. The number of rotatable bonds is 4. The number of aldehydes is 1. The van der Waals surface area contributed by atoms with Crippen molar-refractivity contribution in [2.24, 2.45) is 5.92 Å². The maximum atomic E-state index is 12.6. The number of pyridine rings is 1. The number of amides is 1. The van der Waals surface area contributed by atoms with Crippen LogP contribution in [0.2, 0.25) is 0 Å². The first-order valence-corrected chi connectivity index (χ1v) is 7.32. The van der Waals surface area contributed by atoms with E-state index in [4.69, 9.17) is 0 Å². The molecule has 1 fully saturated rings. The van der Waals surface area contributed by atoms with E-state index in [9.17, 15) is 22.8 Å². The predicted octanol–water partition coefficient (Wildman–Crippen LogP) is 3.93. The van der Waals surface area contributed by atoms with E-state index in [0.29, 0.717) is 17.4 Å². The van der Waals surface area contributed by atoms with E-state index in [1.807, 2.05) is 0 Å². The lowest BCUT2D eigenvalue weighted by Crippen LogP contribution is -2.14. The molecule has 124 valence electrons. The quantitative estimate of drug-likeness (QED) is 0.862. The van der Waals surface area contributed by atoms with E-state index < -0.39 is 11.7 Å². The van der Waals surface area contributed by atoms with Crippen molar-refractivity contribution in [3.05, 3.63) is 47.7 Å². The van der Waals surface area contributed by atoms with E-state index in [0.717, 1.165) is 25.0 Å². The fourth-order valence-electron chi connectivity index (χ4n) is 2.27. The molecule has 2 aromatic rings. The number of halogens is 3. The fraction of sp³-hybridized carbons (Fsp3) is 0.235. The van der Waals surface area contributed by atoms with Crippen molar-refractivity contribution in [2.75, 3.05) is 5.32 Å². The highest BCUT2D eigenvalue weighted by molar-refractivity contribution is 5.94. The molecule has 1 aromatic carbocycles. The number of nitrogens with zero attached hydrogens (tertiary/aromatic N) is 1. The van der Waals surface area contributed by atoms with Crippen molar-refractivity contribution < 1.29 is 22.8 Å².